The Bertz CT molecular complexity index is 578. The van der Waals surface area contributed by atoms with Crippen LogP contribution in [0.2, 0.25) is 5.28 Å². The normalized spacial score (nSPS) is 15.8. The highest BCUT2D eigenvalue weighted by Gasteiger charge is 2.16. The first kappa shape index (κ1) is 12.8. The zero-order valence-electron chi connectivity index (χ0n) is 10.8. The topological polar surface area (TPSA) is 41.9 Å². The Morgan fingerprint density at radius 2 is 1.95 bits per heavy atom. The number of halogens is 1. The van der Waals surface area contributed by atoms with Gasteiger partial charge in [-0.1, -0.05) is 0 Å². The summed E-state index contributed by atoms with van der Waals surface area (Å²) in [5.41, 5.74) is 1.02. The number of hydrogen-bond acceptors (Lipinski definition) is 5. The van der Waals surface area contributed by atoms with E-state index in [0.29, 0.717) is 11.8 Å². The van der Waals surface area contributed by atoms with E-state index in [2.05, 4.69) is 38.2 Å². The van der Waals surface area contributed by atoms with Gasteiger partial charge in [0.15, 0.2) is 5.82 Å². The van der Waals surface area contributed by atoms with E-state index in [1.165, 1.54) is 24.1 Å². The molecule has 0 unspecified atom stereocenters. The zero-order valence-corrected chi connectivity index (χ0v) is 12.3. The molecule has 1 fully saturated rings. The molecule has 2 aromatic heterocycles. The van der Waals surface area contributed by atoms with Crippen LogP contribution in [0, 0.1) is 6.92 Å². The zero-order chi connectivity index (χ0) is 13.2. The number of thiophene rings is 1. The van der Waals surface area contributed by atoms with Crippen LogP contribution in [0.15, 0.2) is 11.4 Å². The van der Waals surface area contributed by atoms with Crippen molar-refractivity contribution in [2.45, 2.75) is 26.2 Å². The van der Waals surface area contributed by atoms with Crippen molar-refractivity contribution in [3.63, 3.8) is 0 Å². The summed E-state index contributed by atoms with van der Waals surface area (Å²) < 4.78 is 0. The van der Waals surface area contributed by atoms with Crippen molar-refractivity contribution >= 4 is 28.9 Å². The summed E-state index contributed by atoms with van der Waals surface area (Å²) >= 11 is 7.73. The molecule has 19 heavy (non-hydrogen) atoms. The van der Waals surface area contributed by atoms with Crippen LogP contribution in [0.25, 0.3) is 11.4 Å². The first-order valence-corrected chi connectivity index (χ1v) is 7.70. The summed E-state index contributed by atoms with van der Waals surface area (Å²) in [6.45, 7) is 4.08. The molecule has 0 atom stereocenters. The molecule has 0 N–H and O–H groups in total. The fourth-order valence-electron chi connectivity index (χ4n) is 2.26. The molecule has 1 saturated heterocycles. The summed E-state index contributed by atoms with van der Waals surface area (Å²) in [6, 6.07) is 2.08. The number of rotatable bonds is 2. The molecule has 0 bridgehead atoms. The van der Waals surface area contributed by atoms with Crippen LogP contribution in [0.1, 0.15) is 24.1 Å². The first-order chi connectivity index (χ1) is 9.22. The molecule has 1 aliphatic rings. The molecule has 3 heterocycles. The molecule has 0 saturated carbocycles. The predicted molar refractivity (Wildman–Crippen MR) is 79.0 cm³/mol. The number of aryl methyl sites for hydroxylation is 1. The van der Waals surface area contributed by atoms with Gasteiger partial charge >= 0.3 is 0 Å². The van der Waals surface area contributed by atoms with Crippen molar-refractivity contribution in [3.8, 4) is 11.4 Å². The maximum absolute atomic E-state index is 6.04. The van der Waals surface area contributed by atoms with Gasteiger partial charge in [0.05, 0.1) is 0 Å². The highest BCUT2D eigenvalue weighted by molar-refractivity contribution is 7.10. The third kappa shape index (κ3) is 2.87. The summed E-state index contributed by atoms with van der Waals surface area (Å²) in [5.74, 6) is 1.38. The molecular weight excluding hydrogens is 280 g/mol. The lowest BCUT2D eigenvalue weighted by Gasteiger charge is -2.26. The molecule has 0 radical (unpaired) electrons. The Labute approximate surface area is 121 Å². The van der Waals surface area contributed by atoms with E-state index in [9.17, 15) is 0 Å². The summed E-state index contributed by atoms with van der Waals surface area (Å²) in [6.07, 6.45) is 3.66. The molecule has 6 heteroatoms. The summed E-state index contributed by atoms with van der Waals surface area (Å²) in [7, 11) is 0. The van der Waals surface area contributed by atoms with Crippen molar-refractivity contribution in [2.24, 2.45) is 0 Å². The van der Waals surface area contributed by atoms with Gasteiger partial charge in [-0.25, -0.2) is 0 Å². The standard InChI is InChI=1S/C13H15ClN4S/c1-9-7-10(8-19-9)11-15-12(14)17-13(16-11)18-5-3-2-4-6-18/h7-8H,2-6H2,1H3. The molecule has 0 spiro atoms. The average molecular weight is 295 g/mol. The van der Waals surface area contributed by atoms with Gasteiger partial charge in [-0.2, -0.15) is 15.0 Å². The summed E-state index contributed by atoms with van der Waals surface area (Å²) in [4.78, 5) is 16.5. The number of piperidine rings is 1. The van der Waals surface area contributed by atoms with Crippen LogP contribution in [-0.2, 0) is 0 Å². The highest BCUT2D eigenvalue weighted by atomic mass is 35.5. The lowest BCUT2D eigenvalue weighted by Crippen LogP contribution is -2.31. The molecule has 2 aromatic rings. The number of hydrogen-bond donors (Lipinski definition) is 0. The van der Waals surface area contributed by atoms with Gasteiger partial charge < -0.3 is 4.90 Å². The minimum absolute atomic E-state index is 0.273. The van der Waals surface area contributed by atoms with Crippen molar-refractivity contribution in [1.29, 1.82) is 0 Å². The third-order valence-corrected chi connectivity index (χ3v) is 4.25. The highest BCUT2D eigenvalue weighted by Crippen LogP contribution is 2.25. The monoisotopic (exact) mass is 294 g/mol. The van der Waals surface area contributed by atoms with Crippen LogP contribution in [0.5, 0.6) is 0 Å². The molecule has 0 aromatic carbocycles. The Kier molecular flexibility index (Phi) is 3.66. The van der Waals surface area contributed by atoms with E-state index >= 15 is 0 Å². The van der Waals surface area contributed by atoms with Crippen molar-refractivity contribution < 1.29 is 0 Å². The van der Waals surface area contributed by atoms with Gasteiger partial charge in [0, 0.05) is 28.9 Å². The van der Waals surface area contributed by atoms with E-state index in [4.69, 9.17) is 11.6 Å². The lowest BCUT2D eigenvalue weighted by molar-refractivity contribution is 0.567. The van der Waals surface area contributed by atoms with E-state index in [0.717, 1.165) is 18.7 Å². The van der Waals surface area contributed by atoms with Crippen LogP contribution in [0.3, 0.4) is 0 Å². The Hall–Kier alpha value is -1.20. The number of anilines is 1. The SMILES string of the molecule is Cc1cc(-c2nc(Cl)nc(N3CCCCC3)n2)cs1. The fourth-order valence-corrected chi connectivity index (χ4v) is 3.10. The van der Waals surface area contributed by atoms with Gasteiger partial charge in [0.1, 0.15) is 0 Å². The predicted octanol–water partition coefficient (Wildman–Crippen LogP) is 3.55. The molecule has 0 amide bonds. The Morgan fingerprint density at radius 1 is 1.16 bits per heavy atom. The van der Waals surface area contributed by atoms with Gasteiger partial charge in [-0.3, -0.25) is 0 Å². The second-order valence-corrected chi connectivity index (χ2v) is 6.18. The summed E-state index contributed by atoms with van der Waals surface area (Å²) in [5, 5.41) is 2.33. The second kappa shape index (κ2) is 5.43. The van der Waals surface area contributed by atoms with Crippen molar-refractivity contribution in [1.82, 2.24) is 15.0 Å². The van der Waals surface area contributed by atoms with E-state index in [1.54, 1.807) is 11.3 Å². The van der Waals surface area contributed by atoms with Crippen LogP contribution in [-0.4, -0.2) is 28.0 Å². The Balaban J connectivity index is 1.95. The molecular formula is C13H15ClN4S. The minimum Gasteiger partial charge on any atom is -0.341 e. The maximum atomic E-state index is 6.04. The van der Waals surface area contributed by atoms with Crippen LogP contribution in [0.4, 0.5) is 5.95 Å². The molecule has 1 aliphatic heterocycles. The molecule has 3 rings (SSSR count). The van der Waals surface area contributed by atoms with Gasteiger partial charge in [0.25, 0.3) is 0 Å². The van der Waals surface area contributed by atoms with Gasteiger partial charge in [0.2, 0.25) is 11.2 Å². The molecule has 100 valence electrons. The maximum Gasteiger partial charge on any atom is 0.230 e. The fraction of sp³-hybridized carbons (Fsp3) is 0.462. The van der Waals surface area contributed by atoms with Crippen LogP contribution < -0.4 is 4.90 Å². The van der Waals surface area contributed by atoms with Gasteiger partial charge in [-0.15, -0.1) is 11.3 Å². The smallest absolute Gasteiger partial charge is 0.230 e. The third-order valence-electron chi connectivity index (χ3n) is 3.22. The van der Waals surface area contributed by atoms with Crippen molar-refractivity contribution in [3.05, 3.63) is 21.6 Å². The number of nitrogens with zero attached hydrogens (tertiary/aromatic N) is 4. The quantitative estimate of drug-likeness (QED) is 0.849. The van der Waals surface area contributed by atoms with Crippen LogP contribution >= 0.6 is 22.9 Å². The largest absolute Gasteiger partial charge is 0.341 e. The minimum atomic E-state index is 0.273. The van der Waals surface area contributed by atoms with E-state index in [1.807, 2.05) is 0 Å². The van der Waals surface area contributed by atoms with E-state index < -0.39 is 0 Å². The molecule has 0 aliphatic carbocycles. The van der Waals surface area contributed by atoms with Crippen molar-refractivity contribution in [2.75, 3.05) is 18.0 Å². The van der Waals surface area contributed by atoms with Gasteiger partial charge in [-0.05, 0) is 43.9 Å². The molecule has 4 nitrogen and oxygen atoms in total. The first-order valence-electron chi connectivity index (χ1n) is 6.44. The van der Waals surface area contributed by atoms with E-state index in [-0.39, 0.29) is 5.28 Å². The second-order valence-electron chi connectivity index (χ2n) is 4.72. The average Bonchev–Trinajstić information content (AvgIpc) is 2.86. The lowest BCUT2D eigenvalue weighted by atomic mass is 10.1. The number of aromatic nitrogens is 3. The Morgan fingerprint density at radius 3 is 2.63 bits per heavy atom.